The number of imide groups is 1. The van der Waals surface area contributed by atoms with Crippen molar-refractivity contribution in [2.75, 3.05) is 6.54 Å². The molecule has 0 saturated carbocycles. The molecule has 0 aromatic heterocycles. The molecular formula is C13H16N2O4S. The molecule has 0 spiro atoms. The van der Waals surface area contributed by atoms with Crippen LogP contribution in [0.25, 0.3) is 0 Å². The van der Waals surface area contributed by atoms with Gasteiger partial charge in [-0.3, -0.25) is 14.9 Å². The van der Waals surface area contributed by atoms with Crippen molar-refractivity contribution in [3.8, 4) is 0 Å². The second-order valence-corrected chi connectivity index (χ2v) is 6.51. The van der Waals surface area contributed by atoms with Crippen molar-refractivity contribution in [3.63, 3.8) is 0 Å². The number of nitrogens with zero attached hydrogens (tertiary/aromatic N) is 1. The minimum absolute atomic E-state index is 0.126. The van der Waals surface area contributed by atoms with Crippen LogP contribution in [0.3, 0.4) is 0 Å². The third-order valence-corrected chi connectivity index (χ3v) is 5.29. The van der Waals surface area contributed by atoms with Crippen molar-refractivity contribution < 1.29 is 18.0 Å². The molecule has 6 nitrogen and oxygen atoms in total. The van der Waals surface area contributed by atoms with E-state index in [1.54, 1.807) is 32.0 Å². The van der Waals surface area contributed by atoms with Gasteiger partial charge < -0.3 is 0 Å². The van der Waals surface area contributed by atoms with E-state index in [4.69, 9.17) is 0 Å². The number of rotatable bonds is 3. The number of amides is 2. The minimum atomic E-state index is -3.87. The summed E-state index contributed by atoms with van der Waals surface area (Å²) in [6.07, 6.45) is 0.310. The molecular weight excluding hydrogens is 280 g/mol. The summed E-state index contributed by atoms with van der Waals surface area (Å²) in [5, 5.41) is 2.16. The SMILES string of the molecule is CCC1C(=O)NC(=O)CN1S(=O)(=O)c1ccccc1C. The van der Waals surface area contributed by atoms with E-state index in [1.165, 1.54) is 6.07 Å². The average molecular weight is 296 g/mol. The van der Waals surface area contributed by atoms with Gasteiger partial charge >= 0.3 is 0 Å². The zero-order chi connectivity index (χ0) is 14.9. The molecule has 20 heavy (non-hydrogen) atoms. The standard InChI is InChI=1S/C13H16N2O4S/c1-3-10-13(17)14-12(16)8-15(10)20(18,19)11-7-5-4-6-9(11)2/h4-7,10H,3,8H2,1-2H3,(H,14,16,17). The first-order valence-corrected chi connectivity index (χ1v) is 7.73. The number of hydrogen-bond donors (Lipinski definition) is 1. The Bertz CT molecular complexity index is 654. The highest BCUT2D eigenvalue weighted by molar-refractivity contribution is 7.89. The molecule has 1 heterocycles. The zero-order valence-electron chi connectivity index (χ0n) is 11.3. The van der Waals surface area contributed by atoms with Gasteiger partial charge in [0.1, 0.15) is 6.04 Å². The van der Waals surface area contributed by atoms with Crippen molar-refractivity contribution in [3.05, 3.63) is 29.8 Å². The molecule has 108 valence electrons. The Hall–Kier alpha value is -1.73. The van der Waals surface area contributed by atoms with Crippen LogP contribution in [-0.4, -0.2) is 37.1 Å². The van der Waals surface area contributed by atoms with Crippen LogP contribution in [0.15, 0.2) is 29.2 Å². The van der Waals surface area contributed by atoms with E-state index in [0.29, 0.717) is 12.0 Å². The predicted octanol–water partition coefficient (Wildman–Crippen LogP) is 0.421. The van der Waals surface area contributed by atoms with Gasteiger partial charge in [0.2, 0.25) is 21.8 Å². The van der Waals surface area contributed by atoms with Crippen LogP contribution < -0.4 is 5.32 Å². The van der Waals surface area contributed by atoms with Gasteiger partial charge in [0.15, 0.2) is 0 Å². The van der Waals surface area contributed by atoms with Gasteiger partial charge in [-0.25, -0.2) is 8.42 Å². The molecule has 1 aromatic carbocycles. The first-order valence-electron chi connectivity index (χ1n) is 6.29. The molecule has 1 aromatic rings. The maximum absolute atomic E-state index is 12.7. The molecule has 7 heteroatoms. The van der Waals surface area contributed by atoms with Crippen molar-refractivity contribution >= 4 is 21.8 Å². The summed E-state index contributed by atoms with van der Waals surface area (Å²) in [6.45, 7) is 3.06. The van der Waals surface area contributed by atoms with Gasteiger partial charge in [-0.15, -0.1) is 0 Å². The lowest BCUT2D eigenvalue weighted by Gasteiger charge is -2.32. The maximum Gasteiger partial charge on any atom is 0.245 e. The summed E-state index contributed by atoms with van der Waals surface area (Å²) in [5.74, 6) is -1.17. The summed E-state index contributed by atoms with van der Waals surface area (Å²) in [5.41, 5.74) is 0.584. The lowest BCUT2D eigenvalue weighted by Crippen LogP contribution is -2.59. The van der Waals surface area contributed by atoms with E-state index in [9.17, 15) is 18.0 Å². The quantitative estimate of drug-likeness (QED) is 0.819. The first-order chi connectivity index (χ1) is 9.37. The van der Waals surface area contributed by atoms with Gasteiger partial charge in [-0.2, -0.15) is 4.31 Å². The summed E-state index contributed by atoms with van der Waals surface area (Å²) < 4.78 is 26.3. The number of nitrogens with one attached hydrogen (secondary N) is 1. The van der Waals surface area contributed by atoms with Gasteiger partial charge in [0, 0.05) is 0 Å². The topological polar surface area (TPSA) is 83.6 Å². The van der Waals surface area contributed by atoms with Crippen molar-refractivity contribution in [2.45, 2.75) is 31.2 Å². The van der Waals surface area contributed by atoms with Gasteiger partial charge in [-0.1, -0.05) is 25.1 Å². The third-order valence-electron chi connectivity index (χ3n) is 3.28. The highest BCUT2D eigenvalue weighted by Crippen LogP contribution is 2.23. The molecule has 1 atom stereocenters. The highest BCUT2D eigenvalue weighted by atomic mass is 32.2. The Kier molecular flexibility index (Phi) is 3.92. The Morgan fingerprint density at radius 1 is 1.30 bits per heavy atom. The smallest absolute Gasteiger partial charge is 0.245 e. The van der Waals surface area contributed by atoms with Gasteiger partial charge in [-0.05, 0) is 25.0 Å². The third kappa shape index (κ3) is 2.46. The molecule has 1 aliphatic heterocycles. The second kappa shape index (κ2) is 5.34. The molecule has 2 rings (SSSR count). The van der Waals surface area contributed by atoms with E-state index < -0.39 is 27.9 Å². The zero-order valence-corrected chi connectivity index (χ0v) is 12.1. The minimum Gasteiger partial charge on any atom is -0.294 e. The lowest BCUT2D eigenvalue weighted by atomic mass is 10.2. The Morgan fingerprint density at radius 3 is 2.55 bits per heavy atom. The van der Waals surface area contributed by atoms with E-state index in [1.807, 2.05) is 0 Å². The fourth-order valence-corrected chi connectivity index (χ4v) is 4.10. The Morgan fingerprint density at radius 2 is 1.95 bits per heavy atom. The lowest BCUT2D eigenvalue weighted by molar-refractivity contribution is -0.137. The monoisotopic (exact) mass is 296 g/mol. The number of carbonyl (C=O) groups excluding carboxylic acids is 2. The number of benzene rings is 1. The van der Waals surface area contributed by atoms with Crippen LogP contribution in [0, 0.1) is 6.92 Å². The van der Waals surface area contributed by atoms with E-state index in [0.717, 1.165) is 4.31 Å². The number of sulfonamides is 1. The Labute approximate surface area is 117 Å². The van der Waals surface area contributed by atoms with Crippen LogP contribution in [-0.2, 0) is 19.6 Å². The van der Waals surface area contributed by atoms with Gasteiger partial charge in [0.05, 0.1) is 11.4 Å². The summed E-state index contributed by atoms with van der Waals surface area (Å²) in [4.78, 5) is 23.4. The van der Waals surface area contributed by atoms with E-state index >= 15 is 0 Å². The molecule has 1 N–H and O–H groups in total. The summed E-state index contributed by atoms with van der Waals surface area (Å²) >= 11 is 0. The normalized spacial score (nSPS) is 20.8. The maximum atomic E-state index is 12.7. The Balaban J connectivity index is 2.49. The van der Waals surface area contributed by atoms with E-state index in [-0.39, 0.29) is 11.4 Å². The fourth-order valence-electron chi connectivity index (χ4n) is 2.26. The van der Waals surface area contributed by atoms with Gasteiger partial charge in [0.25, 0.3) is 0 Å². The number of carbonyl (C=O) groups is 2. The number of piperazine rings is 1. The van der Waals surface area contributed by atoms with Crippen LogP contribution >= 0.6 is 0 Å². The molecule has 1 aliphatic rings. The van der Waals surface area contributed by atoms with Crippen LogP contribution in [0.1, 0.15) is 18.9 Å². The van der Waals surface area contributed by atoms with Crippen LogP contribution in [0.4, 0.5) is 0 Å². The predicted molar refractivity (Wildman–Crippen MR) is 72.3 cm³/mol. The fraction of sp³-hybridized carbons (Fsp3) is 0.385. The molecule has 1 saturated heterocycles. The van der Waals surface area contributed by atoms with Crippen LogP contribution in [0.2, 0.25) is 0 Å². The van der Waals surface area contributed by atoms with Crippen molar-refractivity contribution in [1.29, 1.82) is 0 Å². The highest BCUT2D eigenvalue weighted by Gasteiger charge is 2.40. The molecule has 0 radical (unpaired) electrons. The number of hydrogen-bond acceptors (Lipinski definition) is 4. The molecule has 2 amide bonds. The summed E-state index contributed by atoms with van der Waals surface area (Å²) in [7, 11) is -3.87. The van der Waals surface area contributed by atoms with Crippen molar-refractivity contribution in [1.82, 2.24) is 9.62 Å². The molecule has 0 aliphatic carbocycles. The molecule has 0 bridgehead atoms. The van der Waals surface area contributed by atoms with Crippen LogP contribution in [0.5, 0.6) is 0 Å². The van der Waals surface area contributed by atoms with E-state index in [2.05, 4.69) is 5.32 Å². The average Bonchev–Trinajstić information content (AvgIpc) is 2.38. The second-order valence-electron chi connectivity index (χ2n) is 4.65. The summed E-state index contributed by atoms with van der Waals surface area (Å²) in [6, 6.07) is 5.66. The first kappa shape index (κ1) is 14.7. The largest absolute Gasteiger partial charge is 0.294 e. The molecule has 1 unspecified atom stereocenters. The van der Waals surface area contributed by atoms with Crippen molar-refractivity contribution in [2.24, 2.45) is 0 Å². The number of aryl methyl sites for hydroxylation is 1. The molecule has 1 fully saturated rings.